The van der Waals surface area contributed by atoms with Gasteiger partial charge >= 0.3 is 34.2 Å². The molecule has 0 atom stereocenters. The Labute approximate surface area is 181 Å². The van der Waals surface area contributed by atoms with Gasteiger partial charge in [0.15, 0.2) is 0 Å². The molecule has 0 N–H and O–H groups in total. The van der Waals surface area contributed by atoms with Crippen molar-refractivity contribution in [1.29, 1.82) is 0 Å². The van der Waals surface area contributed by atoms with Gasteiger partial charge in [-0.15, -0.1) is 29.0 Å². The third kappa shape index (κ3) is 7.84. The van der Waals surface area contributed by atoms with Crippen molar-refractivity contribution in [3.05, 3.63) is 69.2 Å². The molecule has 0 unspecified atom stereocenters. The van der Waals surface area contributed by atoms with E-state index in [2.05, 4.69) is 93.8 Å². The number of benzene rings is 1. The van der Waals surface area contributed by atoms with Crippen molar-refractivity contribution in [2.45, 2.75) is 27.7 Å². The number of hydrogen-bond acceptors (Lipinski definition) is 0. The molecule has 0 nitrogen and oxygen atoms in total. The molecule has 0 fully saturated rings. The van der Waals surface area contributed by atoms with Gasteiger partial charge in [-0.2, -0.15) is 40.5 Å². The molecule has 0 aliphatic rings. The van der Waals surface area contributed by atoms with E-state index in [0.717, 1.165) is 0 Å². The Bertz CT molecular complexity index is 765. The minimum atomic E-state index is -0.159. The van der Waals surface area contributed by atoms with E-state index in [-0.39, 0.29) is 45.3 Å². The van der Waals surface area contributed by atoms with Crippen LogP contribution in [0.15, 0.2) is 46.9 Å². The van der Waals surface area contributed by atoms with Gasteiger partial charge in [0, 0.05) is 0 Å². The fourth-order valence-corrected chi connectivity index (χ4v) is 2.77. The van der Waals surface area contributed by atoms with Gasteiger partial charge in [0.05, 0.1) is 0 Å². The van der Waals surface area contributed by atoms with Crippen LogP contribution in [0.5, 0.6) is 0 Å². The van der Waals surface area contributed by atoms with Gasteiger partial charge in [-0.3, -0.25) is 0 Å². The molecule has 0 spiro atoms. The summed E-state index contributed by atoms with van der Waals surface area (Å²) < 4.78 is 1.18. The van der Waals surface area contributed by atoms with Crippen LogP contribution in [-0.2, 0) is 20.5 Å². The average Bonchev–Trinajstić information content (AvgIpc) is 3.04. The summed E-state index contributed by atoms with van der Waals surface area (Å²) in [6.07, 6.45) is 0. The zero-order valence-corrected chi connectivity index (χ0v) is 21.7. The molecule has 3 aromatic rings. The average molecular weight is 534 g/mol. The van der Waals surface area contributed by atoms with Gasteiger partial charge in [0.25, 0.3) is 0 Å². The number of halogens is 3. The van der Waals surface area contributed by atoms with Crippen molar-refractivity contribution < 1.29 is 45.3 Å². The number of hydrogen-bond donors (Lipinski definition) is 0. The summed E-state index contributed by atoms with van der Waals surface area (Å²) in [4.78, 5) is 0. The standard InChI is InChI=1S/C9H6Br.C9H13.2ClH.2Si.Zr/c10-9-6-2-4-7-3-1-5-8(7)9;1-6-5-7(2)9(4)8(6)3;;;;;/h1-6H;5H,1-4H3;2*1H;;;/q2*-1;;;;;/p-2. The summed E-state index contributed by atoms with van der Waals surface area (Å²) >= 11 is 3.32. The van der Waals surface area contributed by atoms with Crippen molar-refractivity contribution in [3.63, 3.8) is 0 Å². The molecular weight excluding hydrogens is 514 g/mol. The first-order valence-corrected chi connectivity index (χ1v) is 16.2. The third-order valence-corrected chi connectivity index (χ3v) is 4.50. The zero-order valence-electron chi connectivity index (χ0n) is 14.2. The van der Waals surface area contributed by atoms with Crippen LogP contribution < -0.4 is 24.8 Å². The van der Waals surface area contributed by atoms with E-state index in [1.807, 2.05) is 6.07 Å². The van der Waals surface area contributed by atoms with E-state index in [1.54, 1.807) is 0 Å². The third-order valence-electron chi connectivity index (χ3n) is 3.80. The summed E-state index contributed by atoms with van der Waals surface area (Å²) in [5, 5.41) is 2.59. The Morgan fingerprint density at radius 3 is 1.79 bits per heavy atom. The van der Waals surface area contributed by atoms with Crippen LogP contribution in [0.25, 0.3) is 10.8 Å². The molecule has 3 aromatic carbocycles. The second-order valence-electron chi connectivity index (χ2n) is 5.15. The fraction of sp³-hybridized carbons (Fsp3) is 0.222. The molecule has 24 heavy (non-hydrogen) atoms. The Kier molecular flexibility index (Phi) is 15.3. The van der Waals surface area contributed by atoms with E-state index in [9.17, 15) is 0 Å². The predicted molar refractivity (Wildman–Crippen MR) is 99.7 cm³/mol. The Hall–Kier alpha value is 0.557. The molecular formula is C18H19BrCl2Si2Zr-4. The van der Waals surface area contributed by atoms with Crippen molar-refractivity contribution in [2.24, 2.45) is 0 Å². The van der Waals surface area contributed by atoms with Crippen LogP contribution in [0.1, 0.15) is 22.3 Å². The van der Waals surface area contributed by atoms with Crippen LogP contribution in [0, 0.1) is 27.7 Å². The van der Waals surface area contributed by atoms with Crippen molar-refractivity contribution in [2.75, 3.05) is 0 Å². The predicted octanol–water partition coefficient (Wildman–Crippen LogP) is -0.796. The second-order valence-corrected chi connectivity index (χ2v) is 12.5. The number of rotatable bonds is 0. The van der Waals surface area contributed by atoms with Gasteiger partial charge in [-0.25, -0.2) is 0 Å². The van der Waals surface area contributed by atoms with Gasteiger partial charge < -0.3 is 24.8 Å². The molecule has 0 bridgehead atoms. The maximum absolute atomic E-state index is 3.48. The van der Waals surface area contributed by atoms with E-state index in [1.165, 1.54) is 37.5 Å². The van der Waals surface area contributed by atoms with Gasteiger partial charge in [0.1, 0.15) is 0 Å². The van der Waals surface area contributed by atoms with E-state index in [4.69, 9.17) is 0 Å². The van der Waals surface area contributed by atoms with Crippen molar-refractivity contribution >= 4 is 40.5 Å². The molecule has 128 valence electrons. The van der Waals surface area contributed by atoms with Crippen LogP contribution in [0.3, 0.4) is 0 Å². The molecule has 0 aliphatic carbocycles. The SMILES string of the molecule is Brc1cccc2[cH-]ccc12.Cc1[cH-]c(C)c(C)c1C.[Cl-].[Cl-].[Si]=[Zr]=[Si]. The van der Waals surface area contributed by atoms with Crippen LogP contribution in [0.2, 0.25) is 0 Å². The number of aryl methyl sites for hydroxylation is 2. The van der Waals surface area contributed by atoms with Crippen molar-refractivity contribution in [1.82, 2.24) is 0 Å². The summed E-state index contributed by atoms with van der Waals surface area (Å²) in [5.41, 5.74) is 5.75. The molecule has 4 radical (unpaired) electrons. The zero-order chi connectivity index (χ0) is 16.7. The molecule has 0 saturated heterocycles. The van der Waals surface area contributed by atoms with Crippen LogP contribution in [-0.4, -0.2) is 13.8 Å². The van der Waals surface area contributed by atoms with Crippen LogP contribution in [0.4, 0.5) is 0 Å². The Balaban J connectivity index is 0. The summed E-state index contributed by atoms with van der Waals surface area (Å²) in [7, 11) is 0. The molecule has 0 saturated carbocycles. The minimum absolute atomic E-state index is 0. The van der Waals surface area contributed by atoms with E-state index >= 15 is 0 Å². The topological polar surface area (TPSA) is 0 Å². The molecule has 0 aliphatic heterocycles. The van der Waals surface area contributed by atoms with Gasteiger partial charge in [0.2, 0.25) is 0 Å². The molecule has 0 amide bonds. The quantitative estimate of drug-likeness (QED) is 0.263. The molecule has 0 aromatic heterocycles. The van der Waals surface area contributed by atoms with Crippen molar-refractivity contribution in [3.8, 4) is 0 Å². The first-order valence-electron chi connectivity index (χ1n) is 7.00. The monoisotopic (exact) mass is 530 g/mol. The van der Waals surface area contributed by atoms with Crippen LogP contribution >= 0.6 is 15.9 Å². The maximum atomic E-state index is 3.48. The van der Waals surface area contributed by atoms with E-state index < -0.39 is 0 Å². The van der Waals surface area contributed by atoms with Gasteiger partial charge in [-0.1, -0.05) is 49.7 Å². The Morgan fingerprint density at radius 2 is 1.42 bits per heavy atom. The molecule has 3 rings (SSSR count). The first-order chi connectivity index (χ1) is 10.4. The second kappa shape index (κ2) is 13.7. The normalized spacial score (nSPS) is 8.54. The molecule has 6 heteroatoms. The fourth-order valence-electron chi connectivity index (χ4n) is 2.26. The summed E-state index contributed by atoms with van der Waals surface area (Å²) in [6.45, 7) is 15.2. The summed E-state index contributed by atoms with van der Waals surface area (Å²) in [6, 6.07) is 14.7. The number of fused-ring (bicyclic) bond motifs is 1. The molecule has 0 heterocycles. The summed E-state index contributed by atoms with van der Waals surface area (Å²) in [5.74, 6) is 0. The first kappa shape index (κ1) is 26.8. The van der Waals surface area contributed by atoms with Gasteiger partial charge in [-0.05, 0) is 4.47 Å². The van der Waals surface area contributed by atoms with E-state index in [0.29, 0.717) is 0 Å². The Morgan fingerprint density at radius 1 is 0.917 bits per heavy atom.